The summed E-state index contributed by atoms with van der Waals surface area (Å²) in [5, 5.41) is 13.4. The van der Waals surface area contributed by atoms with Gasteiger partial charge in [-0.2, -0.15) is 13.2 Å². The molecule has 160 valence electrons. The van der Waals surface area contributed by atoms with E-state index in [1.807, 2.05) is 0 Å². The predicted molar refractivity (Wildman–Crippen MR) is 99.8 cm³/mol. The Hall–Kier alpha value is -3.21. The number of rotatable bonds is 5. The molecule has 3 rings (SSSR count). The van der Waals surface area contributed by atoms with E-state index in [0.29, 0.717) is 37.0 Å². The second-order valence-electron chi connectivity index (χ2n) is 6.68. The summed E-state index contributed by atoms with van der Waals surface area (Å²) in [5.41, 5.74) is -0.330. The van der Waals surface area contributed by atoms with Crippen LogP contribution in [-0.4, -0.2) is 53.1 Å². The molecule has 0 bridgehead atoms. The number of aryl methyl sites for hydroxylation is 1. The predicted octanol–water partition coefficient (Wildman–Crippen LogP) is 1.70. The van der Waals surface area contributed by atoms with Crippen LogP contribution in [0.25, 0.3) is 6.08 Å². The molecule has 2 aromatic rings. The number of aromatic nitrogens is 2. The molecule has 0 radical (unpaired) electrons. The minimum atomic E-state index is -4.41. The van der Waals surface area contributed by atoms with Gasteiger partial charge in [0.25, 0.3) is 0 Å². The molecule has 2 amide bonds. The summed E-state index contributed by atoms with van der Waals surface area (Å²) in [6, 6.07) is 4.12. The fourth-order valence-corrected chi connectivity index (χ4v) is 2.88. The van der Waals surface area contributed by atoms with E-state index >= 15 is 0 Å². The Labute approximate surface area is 170 Å². The van der Waals surface area contributed by atoms with E-state index in [0.717, 1.165) is 18.2 Å². The Balaban J connectivity index is 1.48. The van der Waals surface area contributed by atoms with E-state index in [9.17, 15) is 22.8 Å². The average molecular weight is 423 g/mol. The van der Waals surface area contributed by atoms with Crippen molar-refractivity contribution < 1.29 is 27.2 Å². The largest absolute Gasteiger partial charge is 0.424 e. The third kappa shape index (κ3) is 5.66. The molecule has 1 aromatic heterocycles. The molecule has 8 nitrogen and oxygen atoms in total. The molecule has 30 heavy (non-hydrogen) atoms. The van der Waals surface area contributed by atoms with Crippen molar-refractivity contribution in [2.75, 3.05) is 26.2 Å². The van der Waals surface area contributed by atoms with Gasteiger partial charge in [0.1, 0.15) is 6.04 Å². The SMILES string of the molecule is Cc1nnc([C@H]2CN(C(=O)CNC(=O)/C=C/c3ccc(C(F)(F)F)cc3)CCN2)o1. The van der Waals surface area contributed by atoms with Crippen LogP contribution >= 0.6 is 0 Å². The number of alkyl halides is 3. The van der Waals surface area contributed by atoms with Crippen molar-refractivity contribution in [1.82, 2.24) is 25.7 Å². The molecule has 1 fully saturated rings. The summed E-state index contributed by atoms with van der Waals surface area (Å²) >= 11 is 0. The van der Waals surface area contributed by atoms with E-state index in [1.54, 1.807) is 11.8 Å². The van der Waals surface area contributed by atoms with Crippen molar-refractivity contribution in [3.63, 3.8) is 0 Å². The molecule has 1 atom stereocenters. The maximum absolute atomic E-state index is 12.6. The van der Waals surface area contributed by atoms with Crippen molar-refractivity contribution >= 4 is 17.9 Å². The molecule has 0 spiro atoms. The second-order valence-corrected chi connectivity index (χ2v) is 6.68. The zero-order valence-corrected chi connectivity index (χ0v) is 16.1. The molecule has 2 N–H and O–H groups in total. The maximum Gasteiger partial charge on any atom is 0.416 e. The van der Waals surface area contributed by atoms with Gasteiger partial charge in [0.05, 0.1) is 12.1 Å². The summed E-state index contributed by atoms with van der Waals surface area (Å²) in [6.45, 7) is 2.82. The van der Waals surface area contributed by atoms with Gasteiger partial charge in [-0.1, -0.05) is 12.1 Å². The number of amides is 2. The van der Waals surface area contributed by atoms with Gasteiger partial charge in [-0.25, -0.2) is 0 Å². The zero-order valence-electron chi connectivity index (χ0n) is 16.1. The van der Waals surface area contributed by atoms with Crippen LogP contribution in [0.1, 0.15) is 29.0 Å². The molecule has 1 aromatic carbocycles. The van der Waals surface area contributed by atoms with Crippen molar-refractivity contribution in [1.29, 1.82) is 0 Å². The van der Waals surface area contributed by atoms with Crippen LogP contribution in [0.15, 0.2) is 34.8 Å². The average Bonchev–Trinajstić information content (AvgIpc) is 3.16. The minimum absolute atomic E-state index is 0.203. The highest BCUT2D eigenvalue weighted by atomic mass is 19.4. The lowest BCUT2D eigenvalue weighted by atomic mass is 10.1. The standard InChI is InChI=1S/C19H20F3N5O3/c1-12-25-26-18(30-12)15-11-27(9-8-23-15)17(29)10-24-16(28)7-4-13-2-5-14(6-3-13)19(20,21)22/h2-7,15,23H,8-11H2,1H3,(H,24,28)/b7-4+/t15-/m1/s1. The van der Waals surface area contributed by atoms with E-state index in [2.05, 4.69) is 20.8 Å². The number of halogens is 3. The second kappa shape index (κ2) is 9.08. The number of carbonyl (C=O) groups is 2. The third-order valence-electron chi connectivity index (χ3n) is 4.45. The highest BCUT2D eigenvalue weighted by Crippen LogP contribution is 2.29. The van der Waals surface area contributed by atoms with Gasteiger partial charge in [0, 0.05) is 32.6 Å². The monoisotopic (exact) mass is 423 g/mol. The van der Waals surface area contributed by atoms with Crippen LogP contribution in [0.3, 0.4) is 0 Å². The molecular formula is C19H20F3N5O3. The molecule has 0 aliphatic carbocycles. The van der Waals surface area contributed by atoms with Gasteiger partial charge < -0.3 is 20.0 Å². The molecule has 1 aliphatic rings. The van der Waals surface area contributed by atoms with Gasteiger partial charge >= 0.3 is 6.18 Å². The lowest BCUT2D eigenvalue weighted by molar-refractivity contribution is -0.137. The van der Waals surface area contributed by atoms with Crippen LogP contribution in [0, 0.1) is 6.92 Å². The van der Waals surface area contributed by atoms with Crippen molar-refractivity contribution in [2.45, 2.75) is 19.1 Å². The molecule has 1 aliphatic heterocycles. The Morgan fingerprint density at radius 1 is 1.30 bits per heavy atom. The smallest absolute Gasteiger partial charge is 0.416 e. The first-order chi connectivity index (χ1) is 14.2. The van der Waals surface area contributed by atoms with Gasteiger partial charge in [0.15, 0.2) is 0 Å². The van der Waals surface area contributed by atoms with Crippen LogP contribution in [-0.2, 0) is 15.8 Å². The number of carbonyl (C=O) groups excluding carboxylic acids is 2. The van der Waals surface area contributed by atoms with Gasteiger partial charge in [-0.05, 0) is 23.8 Å². The Morgan fingerprint density at radius 3 is 2.67 bits per heavy atom. The lowest BCUT2D eigenvalue weighted by Gasteiger charge is -2.32. The van der Waals surface area contributed by atoms with E-state index in [-0.39, 0.29) is 18.5 Å². The first kappa shape index (κ1) is 21.5. The number of nitrogens with one attached hydrogen (secondary N) is 2. The number of hydrogen-bond acceptors (Lipinski definition) is 6. The van der Waals surface area contributed by atoms with Gasteiger partial charge in [-0.15, -0.1) is 10.2 Å². The third-order valence-corrected chi connectivity index (χ3v) is 4.45. The van der Waals surface area contributed by atoms with Crippen LogP contribution < -0.4 is 10.6 Å². The summed E-state index contributed by atoms with van der Waals surface area (Å²) in [6.07, 6.45) is -1.87. The summed E-state index contributed by atoms with van der Waals surface area (Å²) in [5.74, 6) is 0.0346. The van der Waals surface area contributed by atoms with Crippen molar-refractivity contribution in [3.8, 4) is 0 Å². The van der Waals surface area contributed by atoms with E-state index in [4.69, 9.17) is 4.42 Å². The van der Waals surface area contributed by atoms with Gasteiger partial charge in [-0.3, -0.25) is 9.59 Å². The molecule has 1 saturated heterocycles. The van der Waals surface area contributed by atoms with Gasteiger partial charge in [0.2, 0.25) is 23.6 Å². The van der Waals surface area contributed by atoms with E-state index < -0.39 is 17.6 Å². The first-order valence-corrected chi connectivity index (χ1v) is 9.17. The Morgan fingerprint density at radius 2 is 2.03 bits per heavy atom. The Bertz CT molecular complexity index is 924. The van der Waals surface area contributed by atoms with Crippen molar-refractivity contribution in [3.05, 3.63) is 53.2 Å². The van der Waals surface area contributed by atoms with Crippen LogP contribution in [0.2, 0.25) is 0 Å². The summed E-state index contributed by atoms with van der Waals surface area (Å²) in [4.78, 5) is 25.9. The number of hydrogen-bond donors (Lipinski definition) is 2. The normalized spacial score (nSPS) is 17.3. The summed E-state index contributed by atoms with van der Waals surface area (Å²) in [7, 11) is 0. The lowest BCUT2D eigenvalue weighted by Crippen LogP contribution is -2.51. The number of benzene rings is 1. The Kier molecular flexibility index (Phi) is 6.50. The fourth-order valence-electron chi connectivity index (χ4n) is 2.88. The highest BCUT2D eigenvalue weighted by molar-refractivity contribution is 5.94. The van der Waals surface area contributed by atoms with Crippen LogP contribution in [0.4, 0.5) is 13.2 Å². The molecule has 0 unspecified atom stereocenters. The maximum atomic E-state index is 12.6. The number of nitrogens with zero attached hydrogens (tertiary/aromatic N) is 3. The van der Waals surface area contributed by atoms with Crippen LogP contribution in [0.5, 0.6) is 0 Å². The molecule has 2 heterocycles. The first-order valence-electron chi connectivity index (χ1n) is 9.17. The number of piperazine rings is 1. The topological polar surface area (TPSA) is 100 Å². The highest BCUT2D eigenvalue weighted by Gasteiger charge is 2.30. The van der Waals surface area contributed by atoms with Crippen molar-refractivity contribution in [2.24, 2.45) is 0 Å². The fraction of sp³-hybridized carbons (Fsp3) is 0.368. The zero-order chi connectivity index (χ0) is 21.7. The van der Waals surface area contributed by atoms with E-state index in [1.165, 1.54) is 18.2 Å². The summed E-state index contributed by atoms with van der Waals surface area (Å²) < 4.78 is 43.0. The quantitative estimate of drug-likeness (QED) is 0.710. The molecule has 0 saturated carbocycles. The minimum Gasteiger partial charge on any atom is -0.424 e. The molecular weight excluding hydrogens is 403 g/mol. The molecule has 11 heteroatoms.